The quantitative estimate of drug-likeness (QED) is 0.153. The fourth-order valence-electron chi connectivity index (χ4n) is 1.86. The van der Waals surface area contributed by atoms with Crippen molar-refractivity contribution in [1.29, 1.82) is 0 Å². The molecule has 0 rings (SSSR count). The molecule has 0 amide bonds. The van der Waals surface area contributed by atoms with Gasteiger partial charge in [-0.2, -0.15) is 0 Å². The molecule has 0 heterocycles. The summed E-state index contributed by atoms with van der Waals surface area (Å²) in [6.45, 7) is 0. The van der Waals surface area contributed by atoms with E-state index in [4.69, 9.17) is 0 Å². The van der Waals surface area contributed by atoms with E-state index in [1.54, 1.807) is 0 Å². The monoisotopic (exact) mass is 910 g/mol. The summed E-state index contributed by atoms with van der Waals surface area (Å²) in [7, 11) is -44.4. The van der Waals surface area contributed by atoms with Crippen molar-refractivity contribution in [2.75, 3.05) is 0 Å². The van der Waals surface area contributed by atoms with Crippen LogP contribution in [0.3, 0.4) is 0 Å². The van der Waals surface area contributed by atoms with Crippen LogP contribution in [0.5, 0.6) is 0 Å². The second kappa shape index (κ2) is 18.2. The molecule has 0 aromatic heterocycles. The van der Waals surface area contributed by atoms with E-state index in [2.05, 4.69) is 0 Å². The van der Waals surface area contributed by atoms with Gasteiger partial charge in [-0.3, -0.25) is 4.90 Å². The Morgan fingerprint density at radius 3 is 0.471 bits per heavy atom. The second-order valence-corrected chi connectivity index (χ2v) is 15.4. The summed E-state index contributed by atoms with van der Waals surface area (Å²) in [6, 6.07) is 0. The minimum Gasteiger partial charge on any atom is -0.809 e. The Morgan fingerprint density at radius 2 is 0.412 bits per heavy atom. The minimum absolute atomic E-state index is 0. The van der Waals surface area contributed by atoms with Gasteiger partial charge < -0.3 is 86.1 Å². The molecule has 0 saturated carbocycles. The van der Waals surface area contributed by atoms with Crippen molar-refractivity contribution >= 4 is 45.6 Å². The van der Waals surface area contributed by atoms with Gasteiger partial charge in [0.1, 0.15) is 0 Å². The zero-order valence-corrected chi connectivity index (χ0v) is 39.6. The van der Waals surface area contributed by atoms with Crippen LogP contribution < -0.4 is 58.7 Å². The molecular weight excluding hydrogens is 916 g/mol. The maximum Gasteiger partial charge on any atom is 2.00 e. The van der Waals surface area contributed by atoms with Crippen molar-refractivity contribution in [3.63, 3.8) is 0 Å². The molecule has 0 aliphatic heterocycles. The van der Waals surface area contributed by atoms with E-state index < -0.39 is 67.0 Å². The van der Waals surface area contributed by atoms with Crippen LogP contribution in [0.15, 0.2) is 0 Å². The van der Waals surface area contributed by atoms with E-state index >= 15 is 0 Å². The molecule has 0 aromatic carbocycles. The van der Waals surface area contributed by atoms with E-state index in [0.717, 1.165) is 0 Å². The van der Waals surface area contributed by atoms with Gasteiger partial charge in [0.05, 0.1) is 16.6 Å². The van der Waals surface area contributed by atoms with Gasteiger partial charge in [0, 0.05) is 0 Å². The van der Waals surface area contributed by atoms with Gasteiger partial charge in [0.15, 0.2) is 0 Å². The normalized spacial score (nSPS) is 13.1. The second-order valence-electron chi connectivity index (χ2n) is 4.73. The Labute approximate surface area is 267 Å². The van der Waals surface area contributed by atoms with Crippen LogP contribution in [0.4, 0.5) is 0 Å². The smallest absolute Gasteiger partial charge is 0.809 e. The van der Waals surface area contributed by atoms with Crippen LogP contribution in [0.25, 0.3) is 0 Å². The zero-order chi connectivity index (χ0) is 23.3. The Morgan fingerprint density at radius 1 is 0.324 bits per heavy atom. The van der Waals surface area contributed by atoms with Crippen molar-refractivity contribution in [2.24, 2.45) is 0 Å². The van der Waals surface area contributed by atoms with Crippen molar-refractivity contribution in [1.82, 2.24) is 4.90 Å². The summed E-state index contributed by atoms with van der Waals surface area (Å²) in [4.78, 5) is 130. The summed E-state index contributed by atoms with van der Waals surface area (Å²) in [6.07, 6.45) is 0. The Bertz CT molecular complexity index is 698. The molecule has 0 unspecified atom stereocenters. The standard InChI is InChI=1S/C3H15NO18P6.6Zn/c5-23(6,7)1(24(8,9)10)4(2(25(11,12)13)26(14,15)16)3(27(17,18)19)28(20,21)22;;;;;;/h1-3H,(H2,5,6,7)(H2,8,9,10)(H2,11,12,13)(H2,14,15,16)(H2,17,18,19)(H2,20,21,22);;;;;;/q;6*+2/p-12. The average molecular weight is 919 g/mol. The molecule has 0 aliphatic carbocycles. The molecule has 31 heteroatoms. The summed E-state index contributed by atoms with van der Waals surface area (Å²) in [5.41, 5.74) is -14.8. The summed E-state index contributed by atoms with van der Waals surface area (Å²) < 4.78 is 66.1. The van der Waals surface area contributed by atoms with Gasteiger partial charge in [0.2, 0.25) is 0 Å². The largest absolute Gasteiger partial charge is 2.00 e. The van der Waals surface area contributed by atoms with Gasteiger partial charge in [-0.25, -0.2) is 0 Å². The van der Waals surface area contributed by atoms with Crippen LogP contribution in [0.1, 0.15) is 0 Å². The predicted octanol–water partition coefficient (Wildman–Crippen LogP) is -10.4. The third kappa shape index (κ3) is 16.8. The summed E-state index contributed by atoms with van der Waals surface area (Å²) >= 11 is 0. The molecule has 0 saturated heterocycles. The number of hydrogen-bond acceptors (Lipinski definition) is 19. The number of nitrogens with zero attached hydrogens (tertiary/aromatic N) is 1. The first-order chi connectivity index (χ1) is 11.7. The molecule has 0 fully saturated rings. The molecule has 0 bridgehead atoms. The van der Waals surface area contributed by atoms with Crippen molar-refractivity contribution in [3.05, 3.63) is 0 Å². The van der Waals surface area contributed by atoms with E-state index in [1.165, 1.54) is 0 Å². The van der Waals surface area contributed by atoms with E-state index in [1.807, 2.05) is 0 Å². The Kier molecular flexibility index (Phi) is 29.3. The van der Waals surface area contributed by atoms with Crippen molar-refractivity contribution < 1.29 is 203 Å². The van der Waals surface area contributed by atoms with Gasteiger partial charge in [0.25, 0.3) is 0 Å². The molecule has 0 aromatic rings. The molecule has 0 spiro atoms. The molecule has 34 heavy (non-hydrogen) atoms. The summed E-state index contributed by atoms with van der Waals surface area (Å²) in [5, 5.41) is 0. The van der Waals surface area contributed by atoms with E-state index in [-0.39, 0.29) is 117 Å². The minimum atomic E-state index is -7.40. The maximum atomic E-state index is 11.0. The van der Waals surface area contributed by atoms with Crippen LogP contribution in [-0.2, 0) is 144 Å². The van der Waals surface area contributed by atoms with Crippen molar-refractivity contribution in [2.45, 2.75) is 16.6 Å². The first kappa shape index (κ1) is 54.7. The first-order valence-electron chi connectivity index (χ1n) is 5.61. The third-order valence-electron chi connectivity index (χ3n) is 2.50. The summed E-state index contributed by atoms with van der Waals surface area (Å²) in [5.74, 6) is 0. The van der Waals surface area contributed by atoms with Crippen LogP contribution in [-0.4, -0.2) is 21.5 Å². The van der Waals surface area contributed by atoms with Gasteiger partial charge >= 0.3 is 117 Å². The molecule has 19 nitrogen and oxygen atoms in total. The SMILES string of the molecule is O=P([O-])([O-])C(N(C(P(=O)([O-])[O-])P(=O)([O-])[O-])C(P(=O)([O-])[O-])P(=O)([O-])[O-])P(=O)([O-])[O-].[Zn+2].[Zn+2].[Zn+2].[Zn+2].[Zn+2].[Zn+2]. The number of hydrogen-bond donors (Lipinski definition) is 0. The molecule has 0 N–H and O–H groups in total. The molecule has 0 atom stereocenters. The fraction of sp³-hybridized carbons (Fsp3) is 1.00. The molecule has 170 valence electrons. The topological polar surface area (TPSA) is 382 Å². The molecule has 0 radical (unpaired) electrons. The van der Waals surface area contributed by atoms with E-state index in [9.17, 15) is 86.1 Å². The van der Waals surface area contributed by atoms with Crippen LogP contribution in [0, 0.1) is 0 Å². The van der Waals surface area contributed by atoms with Crippen LogP contribution >= 0.6 is 45.6 Å². The van der Waals surface area contributed by atoms with Crippen LogP contribution in [0.2, 0.25) is 0 Å². The van der Waals surface area contributed by atoms with E-state index in [0.29, 0.717) is 0 Å². The molecular formula is C3H3NO18P6Zn6. The predicted molar refractivity (Wildman–Crippen MR) is 58.8 cm³/mol. The third-order valence-corrected chi connectivity index (χ3v) is 12.6. The Hall–Kier alpha value is 4.60. The van der Waals surface area contributed by atoms with Gasteiger partial charge in [-0.05, 0) is 45.6 Å². The fourth-order valence-corrected chi connectivity index (χ4v) is 10.8. The maximum absolute atomic E-state index is 11.0. The van der Waals surface area contributed by atoms with Crippen molar-refractivity contribution in [3.8, 4) is 0 Å². The average Bonchev–Trinajstić information content (AvgIpc) is 2.13. The first-order valence-corrected chi connectivity index (χ1v) is 15.3. The van der Waals surface area contributed by atoms with Gasteiger partial charge in [-0.15, -0.1) is 0 Å². The number of rotatable bonds is 9. The molecule has 0 aliphatic rings. The van der Waals surface area contributed by atoms with Gasteiger partial charge in [-0.1, -0.05) is 0 Å². The Balaban J connectivity index is -0.000000243. The zero-order valence-electron chi connectivity index (χ0n) is 16.5.